The van der Waals surface area contributed by atoms with Crippen LogP contribution in [0.5, 0.6) is 0 Å². The molecule has 0 atom stereocenters. The fourth-order valence-electron chi connectivity index (χ4n) is 2.13. The van der Waals surface area contributed by atoms with Gasteiger partial charge in [0.1, 0.15) is 13.2 Å². The molecule has 0 saturated carbocycles. The van der Waals surface area contributed by atoms with E-state index in [2.05, 4.69) is 15.1 Å². The van der Waals surface area contributed by atoms with Gasteiger partial charge >= 0.3 is 5.97 Å². The van der Waals surface area contributed by atoms with Crippen LogP contribution >= 0.6 is 0 Å². The van der Waals surface area contributed by atoms with E-state index in [0.29, 0.717) is 5.95 Å². The van der Waals surface area contributed by atoms with Crippen LogP contribution in [0, 0.1) is 0 Å². The number of rotatable bonds is 6. The number of ether oxygens (including phenoxy) is 1. The summed E-state index contributed by atoms with van der Waals surface area (Å²) in [6.45, 7) is 0.317. The lowest BCUT2D eigenvalue weighted by molar-refractivity contribution is -0.143. The Balaban J connectivity index is 1.51. The molecule has 2 aromatic heterocycles. The molecule has 0 fully saturated rings. The maximum absolute atomic E-state index is 11.9. The van der Waals surface area contributed by atoms with Crippen molar-refractivity contribution in [2.24, 2.45) is 0 Å². The van der Waals surface area contributed by atoms with Crippen molar-refractivity contribution in [1.82, 2.24) is 19.7 Å². The molecule has 3 aromatic rings. The molecule has 24 heavy (non-hydrogen) atoms. The van der Waals surface area contributed by atoms with Gasteiger partial charge < -0.3 is 9.64 Å². The van der Waals surface area contributed by atoms with Crippen LogP contribution in [0.15, 0.2) is 61.2 Å². The SMILES string of the molecule is CN(CC(=O)OCc1ccc(-n2cccn2)cc1)c1ncccn1. The third-order valence-electron chi connectivity index (χ3n) is 3.36. The Morgan fingerprint density at radius 2 is 1.88 bits per heavy atom. The third kappa shape index (κ3) is 3.95. The highest BCUT2D eigenvalue weighted by molar-refractivity contribution is 5.74. The van der Waals surface area contributed by atoms with E-state index in [1.807, 2.05) is 36.5 Å². The summed E-state index contributed by atoms with van der Waals surface area (Å²) in [7, 11) is 1.75. The van der Waals surface area contributed by atoms with Gasteiger partial charge in [-0.2, -0.15) is 5.10 Å². The van der Waals surface area contributed by atoms with E-state index in [9.17, 15) is 4.79 Å². The van der Waals surface area contributed by atoms with Gasteiger partial charge in [-0.3, -0.25) is 4.79 Å². The van der Waals surface area contributed by atoms with E-state index in [1.54, 1.807) is 41.3 Å². The molecule has 0 unspecified atom stereocenters. The zero-order valence-electron chi connectivity index (χ0n) is 13.2. The van der Waals surface area contributed by atoms with Crippen molar-refractivity contribution in [3.8, 4) is 5.69 Å². The molecule has 0 spiro atoms. The Kier molecular flexibility index (Phi) is 4.81. The number of hydrogen-bond donors (Lipinski definition) is 0. The zero-order chi connectivity index (χ0) is 16.8. The summed E-state index contributed by atoms with van der Waals surface area (Å²) in [4.78, 5) is 21.7. The predicted octanol–water partition coefficient (Wildman–Crippen LogP) is 1.84. The van der Waals surface area contributed by atoms with Crippen LogP contribution in [-0.2, 0) is 16.1 Å². The molecule has 0 bridgehead atoms. The molecule has 0 radical (unpaired) electrons. The monoisotopic (exact) mass is 323 g/mol. The summed E-state index contributed by atoms with van der Waals surface area (Å²) < 4.78 is 7.06. The lowest BCUT2D eigenvalue weighted by Gasteiger charge is -2.15. The Hall–Kier alpha value is -3.22. The quantitative estimate of drug-likeness (QED) is 0.645. The second-order valence-electron chi connectivity index (χ2n) is 5.18. The summed E-state index contributed by atoms with van der Waals surface area (Å²) in [5, 5.41) is 4.17. The summed E-state index contributed by atoms with van der Waals surface area (Å²) in [6, 6.07) is 11.3. The van der Waals surface area contributed by atoms with Gasteiger partial charge in [0.05, 0.1) is 5.69 Å². The van der Waals surface area contributed by atoms with Crippen molar-refractivity contribution < 1.29 is 9.53 Å². The zero-order valence-corrected chi connectivity index (χ0v) is 13.2. The van der Waals surface area contributed by atoms with Crippen LogP contribution in [-0.4, -0.2) is 39.3 Å². The van der Waals surface area contributed by atoms with Crippen LogP contribution in [0.25, 0.3) is 5.69 Å². The van der Waals surface area contributed by atoms with Crippen molar-refractivity contribution in [1.29, 1.82) is 0 Å². The Morgan fingerprint density at radius 1 is 1.12 bits per heavy atom. The fraction of sp³-hybridized carbons (Fsp3) is 0.176. The van der Waals surface area contributed by atoms with Crippen LogP contribution in [0.2, 0.25) is 0 Å². The number of esters is 1. The molecular formula is C17H17N5O2. The summed E-state index contributed by atoms with van der Waals surface area (Å²) in [6.07, 6.45) is 6.86. The number of nitrogens with zero attached hydrogens (tertiary/aromatic N) is 5. The molecule has 3 rings (SSSR count). The number of carbonyl (C=O) groups excluding carboxylic acids is 1. The molecule has 0 aliphatic rings. The van der Waals surface area contributed by atoms with Crippen molar-refractivity contribution in [3.05, 3.63) is 66.7 Å². The topological polar surface area (TPSA) is 73.1 Å². The van der Waals surface area contributed by atoms with Gasteiger partial charge in [-0.1, -0.05) is 12.1 Å². The van der Waals surface area contributed by atoms with Crippen LogP contribution in [0.1, 0.15) is 5.56 Å². The highest BCUT2D eigenvalue weighted by Gasteiger charge is 2.10. The maximum atomic E-state index is 11.9. The van der Waals surface area contributed by atoms with E-state index in [0.717, 1.165) is 11.3 Å². The molecular weight excluding hydrogens is 306 g/mol. The molecule has 0 aliphatic carbocycles. The van der Waals surface area contributed by atoms with Crippen molar-refractivity contribution >= 4 is 11.9 Å². The Bertz CT molecular complexity index is 773. The maximum Gasteiger partial charge on any atom is 0.325 e. The van der Waals surface area contributed by atoms with Crippen molar-refractivity contribution in [2.75, 3.05) is 18.5 Å². The van der Waals surface area contributed by atoms with E-state index in [4.69, 9.17) is 4.74 Å². The smallest absolute Gasteiger partial charge is 0.325 e. The normalized spacial score (nSPS) is 10.4. The minimum Gasteiger partial charge on any atom is -0.459 e. The van der Waals surface area contributed by atoms with Gasteiger partial charge in [0, 0.05) is 31.8 Å². The number of likely N-dealkylation sites (N-methyl/N-ethyl adjacent to an activating group) is 1. The molecule has 0 amide bonds. The molecule has 7 heteroatoms. The molecule has 0 saturated heterocycles. The molecule has 0 N–H and O–H groups in total. The van der Waals surface area contributed by atoms with Gasteiger partial charge in [0.15, 0.2) is 0 Å². The number of benzene rings is 1. The lowest BCUT2D eigenvalue weighted by Crippen LogP contribution is -2.28. The average molecular weight is 323 g/mol. The standard InChI is InChI=1S/C17H17N5O2/c1-21(17-18-8-2-9-19-17)12-16(23)24-13-14-4-6-15(7-5-14)22-11-3-10-20-22/h2-11H,12-13H2,1H3. The first-order valence-corrected chi connectivity index (χ1v) is 7.45. The number of anilines is 1. The van der Waals surface area contributed by atoms with Crippen molar-refractivity contribution in [2.45, 2.75) is 6.61 Å². The first-order chi connectivity index (χ1) is 11.7. The van der Waals surface area contributed by atoms with Crippen LogP contribution in [0.3, 0.4) is 0 Å². The third-order valence-corrected chi connectivity index (χ3v) is 3.36. The van der Waals surface area contributed by atoms with E-state index >= 15 is 0 Å². The largest absolute Gasteiger partial charge is 0.459 e. The number of carbonyl (C=O) groups is 1. The van der Waals surface area contributed by atoms with Crippen LogP contribution in [0.4, 0.5) is 5.95 Å². The summed E-state index contributed by atoms with van der Waals surface area (Å²) >= 11 is 0. The second-order valence-corrected chi connectivity index (χ2v) is 5.18. The van der Waals surface area contributed by atoms with E-state index < -0.39 is 0 Å². The molecule has 1 aromatic carbocycles. The van der Waals surface area contributed by atoms with E-state index in [1.165, 1.54) is 0 Å². The van der Waals surface area contributed by atoms with Gasteiger partial charge in [0.2, 0.25) is 5.95 Å². The number of aromatic nitrogens is 4. The van der Waals surface area contributed by atoms with Gasteiger partial charge in [-0.15, -0.1) is 0 Å². The highest BCUT2D eigenvalue weighted by atomic mass is 16.5. The minimum absolute atomic E-state index is 0.0926. The highest BCUT2D eigenvalue weighted by Crippen LogP contribution is 2.10. The summed E-state index contributed by atoms with van der Waals surface area (Å²) in [5.74, 6) is 0.152. The first-order valence-electron chi connectivity index (χ1n) is 7.45. The molecule has 2 heterocycles. The average Bonchev–Trinajstić information content (AvgIpc) is 3.16. The number of hydrogen-bond acceptors (Lipinski definition) is 6. The Morgan fingerprint density at radius 3 is 2.54 bits per heavy atom. The van der Waals surface area contributed by atoms with Gasteiger partial charge in [-0.25, -0.2) is 14.6 Å². The van der Waals surface area contributed by atoms with Gasteiger partial charge in [0.25, 0.3) is 0 Å². The predicted molar refractivity (Wildman–Crippen MR) is 88.7 cm³/mol. The second kappa shape index (κ2) is 7.36. The molecule has 0 aliphatic heterocycles. The Labute approximate surface area is 139 Å². The van der Waals surface area contributed by atoms with Gasteiger partial charge in [-0.05, 0) is 29.8 Å². The molecule has 122 valence electrons. The van der Waals surface area contributed by atoms with E-state index in [-0.39, 0.29) is 19.1 Å². The molecule has 7 nitrogen and oxygen atoms in total. The first kappa shape index (κ1) is 15.7. The summed E-state index contributed by atoms with van der Waals surface area (Å²) in [5.41, 5.74) is 1.87. The fourth-order valence-corrected chi connectivity index (χ4v) is 2.13. The van der Waals surface area contributed by atoms with Crippen LogP contribution < -0.4 is 4.90 Å². The minimum atomic E-state index is -0.332. The van der Waals surface area contributed by atoms with Crippen molar-refractivity contribution in [3.63, 3.8) is 0 Å². The lowest BCUT2D eigenvalue weighted by atomic mass is 10.2.